The molecule has 0 atom stereocenters. The van der Waals surface area contributed by atoms with E-state index in [1.807, 2.05) is 0 Å². The van der Waals surface area contributed by atoms with E-state index >= 15 is 0 Å². The van der Waals surface area contributed by atoms with Gasteiger partial charge in [0.15, 0.2) is 0 Å². The molecule has 0 unspecified atom stereocenters. The summed E-state index contributed by atoms with van der Waals surface area (Å²) in [6, 6.07) is 0. The van der Waals surface area contributed by atoms with Gasteiger partial charge in [0, 0.05) is 6.54 Å². The molecule has 0 fully saturated rings. The largest absolute Gasteiger partial charge is 0.355 e. The van der Waals surface area contributed by atoms with Crippen molar-refractivity contribution in [2.45, 2.75) is 32.1 Å². The van der Waals surface area contributed by atoms with Crippen LogP contribution in [0.1, 0.15) is 32.1 Å². The van der Waals surface area contributed by atoms with Crippen molar-refractivity contribution < 1.29 is 4.79 Å². The zero-order chi connectivity index (χ0) is 10.2. The highest BCUT2D eigenvalue weighted by molar-refractivity contribution is 5.77. The number of rotatable bonds is 5. The first-order chi connectivity index (χ1) is 6.83. The van der Waals surface area contributed by atoms with Gasteiger partial charge in [-0.15, -0.1) is 0 Å². The van der Waals surface area contributed by atoms with Crippen LogP contribution in [-0.2, 0) is 4.79 Å². The van der Waals surface area contributed by atoms with E-state index in [0.29, 0.717) is 6.54 Å². The first kappa shape index (κ1) is 11.2. The third kappa shape index (κ3) is 4.42. The monoisotopic (exact) mass is 196 g/mol. The molecular weight excluding hydrogens is 176 g/mol. The number of allylic oxidation sites excluding steroid dienone is 1. The Morgan fingerprint density at radius 3 is 3.00 bits per heavy atom. The van der Waals surface area contributed by atoms with Crippen molar-refractivity contribution in [3.8, 4) is 0 Å². The summed E-state index contributed by atoms with van der Waals surface area (Å²) in [7, 11) is 1.78. The number of carbonyl (C=O) groups excluding carboxylic acids is 1. The number of carbonyl (C=O) groups is 1. The lowest BCUT2D eigenvalue weighted by molar-refractivity contribution is -0.120. The summed E-state index contributed by atoms with van der Waals surface area (Å²) in [4.78, 5) is 11.1. The molecule has 80 valence electrons. The van der Waals surface area contributed by atoms with Gasteiger partial charge in [-0.25, -0.2) is 0 Å². The molecule has 1 amide bonds. The van der Waals surface area contributed by atoms with Crippen LogP contribution in [0.2, 0.25) is 0 Å². The Hall–Kier alpha value is -0.830. The van der Waals surface area contributed by atoms with E-state index in [9.17, 15) is 4.79 Å². The molecule has 1 aliphatic carbocycles. The van der Waals surface area contributed by atoms with E-state index in [2.05, 4.69) is 16.7 Å². The topological polar surface area (TPSA) is 41.1 Å². The smallest absolute Gasteiger partial charge is 0.233 e. The third-order valence-electron chi connectivity index (χ3n) is 2.49. The molecule has 0 saturated carbocycles. The normalized spacial score (nSPS) is 16.2. The Labute approximate surface area is 86.0 Å². The van der Waals surface area contributed by atoms with Crippen molar-refractivity contribution in [1.82, 2.24) is 10.6 Å². The zero-order valence-electron chi connectivity index (χ0n) is 8.94. The molecule has 0 aromatic rings. The average Bonchev–Trinajstić information content (AvgIpc) is 2.20. The molecule has 0 heterocycles. The van der Waals surface area contributed by atoms with Gasteiger partial charge >= 0.3 is 0 Å². The summed E-state index contributed by atoms with van der Waals surface area (Å²) in [5.74, 6) is 0.0870. The fourth-order valence-corrected chi connectivity index (χ4v) is 1.72. The second kappa shape index (κ2) is 6.60. The average molecular weight is 196 g/mol. The van der Waals surface area contributed by atoms with Gasteiger partial charge in [0.1, 0.15) is 0 Å². The Morgan fingerprint density at radius 1 is 1.50 bits per heavy atom. The highest BCUT2D eigenvalue weighted by atomic mass is 16.1. The minimum Gasteiger partial charge on any atom is -0.355 e. The van der Waals surface area contributed by atoms with Crippen LogP contribution < -0.4 is 10.6 Å². The summed E-state index contributed by atoms with van der Waals surface area (Å²) >= 11 is 0. The minimum absolute atomic E-state index is 0.0870. The van der Waals surface area contributed by atoms with Crippen molar-refractivity contribution in [3.05, 3.63) is 11.6 Å². The van der Waals surface area contributed by atoms with E-state index in [-0.39, 0.29) is 5.91 Å². The van der Waals surface area contributed by atoms with Gasteiger partial charge in [0.25, 0.3) is 0 Å². The van der Waals surface area contributed by atoms with Gasteiger partial charge in [-0.05, 0) is 39.2 Å². The highest BCUT2D eigenvalue weighted by Crippen LogP contribution is 2.19. The van der Waals surface area contributed by atoms with Crippen LogP contribution >= 0.6 is 0 Å². The van der Waals surface area contributed by atoms with Crippen LogP contribution in [-0.4, -0.2) is 26.0 Å². The minimum atomic E-state index is 0.0870. The number of hydrogen-bond acceptors (Lipinski definition) is 2. The van der Waals surface area contributed by atoms with E-state index in [1.165, 1.54) is 31.3 Å². The van der Waals surface area contributed by atoms with Gasteiger partial charge < -0.3 is 10.6 Å². The Balaban J connectivity index is 2.08. The van der Waals surface area contributed by atoms with Crippen LogP contribution in [0.25, 0.3) is 0 Å². The van der Waals surface area contributed by atoms with Gasteiger partial charge in [-0.3, -0.25) is 4.79 Å². The van der Waals surface area contributed by atoms with Gasteiger partial charge in [0.2, 0.25) is 5.91 Å². The van der Waals surface area contributed by atoms with Crippen LogP contribution in [0.4, 0.5) is 0 Å². The number of hydrogen-bond donors (Lipinski definition) is 2. The molecule has 0 aromatic carbocycles. The molecule has 14 heavy (non-hydrogen) atoms. The van der Waals surface area contributed by atoms with Gasteiger partial charge in [0.05, 0.1) is 6.54 Å². The molecule has 3 heteroatoms. The van der Waals surface area contributed by atoms with E-state index < -0.39 is 0 Å². The molecule has 0 aromatic heterocycles. The first-order valence-corrected chi connectivity index (χ1v) is 5.42. The maximum absolute atomic E-state index is 11.1. The van der Waals surface area contributed by atoms with E-state index in [4.69, 9.17) is 0 Å². The third-order valence-corrected chi connectivity index (χ3v) is 2.49. The quantitative estimate of drug-likeness (QED) is 0.649. The van der Waals surface area contributed by atoms with Crippen molar-refractivity contribution >= 4 is 5.91 Å². The molecule has 2 N–H and O–H groups in total. The summed E-state index contributed by atoms with van der Waals surface area (Å²) in [5.41, 5.74) is 1.51. The van der Waals surface area contributed by atoms with Crippen molar-refractivity contribution in [2.24, 2.45) is 0 Å². The molecule has 0 radical (unpaired) electrons. The van der Waals surface area contributed by atoms with Crippen LogP contribution in [0.5, 0.6) is 0 Å². The fourth-order valence-electron chi connectivity index (χ4n) is 1.72. The predicted molar refractivity (Wildman–Crippen MR) is 58.1 cm³/mol. The summed E-state index contributed by atoms with van der Waals surface area (Å²) in [6.07, 6.45) is 8.44. The Morgan fingerprint density at radius 2 is 2.36 bits per heavy atom. The van der Waals surface area contributed by atoms with Crippen molar-refractivity contribution in [3.63, 3.8) is 0 Å². The van der Waals surface area contributed by atoms with Crippen LogP contribution in [0.3, 0.4) is 0 Å². The number of nitrogens with one attached hydrogen (secondary N) is 2. The molecule has 0 saturated heterocycles. The molecule has 1 rings (SSSR count). The summed E-state index contributed by atoms with van der Waals surface area (Å²) in [5, 5.41) is 5.72. The maximum atomic E-state index is 11.1. The van der Waals surface area contributed by atoms with Gasteiger partial charge in [-0.2, -0.15) is 0 Å². The van der Waals surface area contributed by atoms with Crippen LogP contribution in [0.15, 0.2) is 11.6 Å². The van der Waals surface area contributed by atoms with E-state index in [0.717, 1.165) is 13.0 Å². The second-order valence-corrected chi connectivity index (χ2v) is 3.74. The highest BCUT2D eigenvalue weighted by Gasteiger charge is 2.04. The van der Waals surface area contributed by atoms with Crippen molar-refractivity contribution in [1.29, 1.82) is 0 Å². The Kier molecular flexibility index (Phi) is 5.30. The van der Waals surface area contributed by atoms with E-state index in [1.54, 1.807) is 7.05 Å². The molecular formula is C11H20N2O. The number of likely N-dealkylation sites (N-methyl/N-ethyl adjacent to an activating group) is 1. The number of amides is 1. The first-order valence-electron chi connectivity index (χ1n) is 5.42. The molecule has 3 nitrogen and oxygen atoms in total. The second-order valence-electron chi connectivity index (χ2n) is 3.74. The summed E-state index contributed by atoms with van der Waals surface area (Å²) in [6.45, 7) is 1.20. The lowest BCUT2D eigenvalue weighted by Gasteiger charge is -2.12. The molecule has 0 spiro atoms. The lowest BCUT2D eigenvalue weighted by atomic mass is 9.97. The molecule has 0 bridgehead atoms. The summed E-state index contributed by atoms with van der Waals surface area (Å²) < 4.78 is 0. The molecule has 1 aliphatic rings. The molecule has 0 aliphatic heterocycles. The predicted octanol–water partition coefficient (Wildman–Crippen LogP) is 1.21. The lowest BCUT2D eigenvalue weighted by Crippen LogP contribution is -2.32. The zero-order valence-corrected chi connectivity index (χ0v) is 8.94. The Bertz CT molecular complexity index is 211. The van der Waals surface area contributed by atoms with Crippen LogP contribution in [0, 0.1) is 0 Å². The van der Waals surface area contributed by atoms with Gasteiger partial charge in [-0.1, -0.05) is 11.6 Å². The fraction of sp³-hybridized carbons (Fsp3) is 0.727. The SMILES string of the molecule is CNCC(=O)NCCC1=CCCCC1. The standard InChI is InChI=1S/C11H20N2O/c1-12-9-11(14)13-8-7-10-5-3-2-4-6-10/h5,12H,2-4,6-9H2,1H3,(H,13,14). The maximum Gasteiger partial charge on any atom is 0.233 e. The van der Waals surface area contributed by atoms with Crippen molar-refractivity contribution in [2.75, 3.05) is 20.1 Å².